The molecule has 0 unspecified atom stereocenters. The second-order valence-electron chi connectivity index (χ2n) is 7.54. The van der Waals surface area contributed by atoms with Crippen LogP contribution < -0.4 is 4.74 Å². The van der Waals surface area contributed by atoms with E-state index in [1.54, 1.807) is 17.9 Å². The van der Waals surface area contributed by atoms with Crippen LogP contribution in [0.15, 0.2) is 59.5 Å². The summed E-state index contributed by atoms with van der Waals surface area (Å²) < 4.78 is 67.7. The normalized spacial score (nSPS) is 15.6. The molecule has 2 heterocycles. The van der Waals surface area contributed by atoms with Gasteiger partial charge in [0.15, 0.2) is 0 Å². The van der Waals surface area contributed by atoms with Crippen molar-refractivity contribution in [1.82, 2.24) is 14.2 Å². The lowest BCUT2D eigenvalue weighted by Gasteiger charge is -2.34. The highest BCUT2D eigenvalue weighted by Crippen LogP contribution is 2.26. The van der Waals surface area contributed by atoms with Crippen molar-refractivity contribution in [3.05, 3.63) is 65.9 Å². The molecule has 2 aromatic carbocycles. The van der Waals surface area contributed by atoms with E-state index < -0.39 is 22.1 Å². The smallest absolute Gasteiger partial charge is 0.406 e. The van der Waals surface area contributed by atoms with E-state index in [1.807, 2.05) is 24.3 Å². The van der Waals surface area contributed by atoms with Crippen LogP contribution in [0.1, 0.15) is 16.1 Å². The molecule has 0 N–H and O–H groups in total. The first kappa shape index (κ1) is 23.0. The van der Waals surface area contributed by atoms with Gasteiger partial charge in [0.1, 0.15) is 5.75 Å². The number of halogens is 3. The third-order valence-electron chi connectivity index (χ3n) is 5.30. The maximum Gasteiger partial charge on any atom is 0.573 e. The van der Waals surface area contributed by atoms with E-state index in [9.17, 15) is 26.4 Å². The Kier molecular flexibility index (Phi) is 6.02. The minimum atomic E-state index is -4.86. The number of fused-ring (bicyclic) bond motifs is 1. The number of alkyl halides is 3. The zero-order valence-electron chi connectivity index (χ0n) is 17.5. The zero-order valence-corrected chi connectivity index (χ0v) is 18.4. The lowest BCUT2D eigenvalue weighted by Crippen LogP contribution is -2.50. The molecule has 174 valence electrons. The third kappa shape index (κ3) is 4.93. The SMILES string of the molecule is Cc1cc(C(=O)N2CCN(S(=O)(=O)c3ccc(OC(F)(F)F)cc3)CC2)c2ccccc2n1. The number of hydrogen-bond donors (Lipinski definition) is 0. The molecule has 1 aliphatic heterocycles. The number of sulfonamides is 1. The number of aryl methyl sites for hydroxylation is 1. The van der Waals surface area contributed by atoms with Gasteiger partial charge in [0.05, 0.1) is 16.0 Å². The number of benzene rings is 2. The molecule has 3 aromatic rings. The van der Waals surface area contributed by atoms with E-state index in [0.29, 0.717) is 16.8 Å². The second-order valence-corrected chi connectivity index (χ2v) is 9.48. The van der Waals surface area contributed by atoms with E-state index in [2.05, 4.69) is 9.72 Å². The standard InChI is InChI=1S/C22H20F3N3O4S/c1-15-14-19(18-4-2-3-5-20(18)26-15)21(29)27-10-12-28(13-11-27)33(30,31)17-8-6-16(7-9-17)32-22(23,24)25/h2-9,14H,10-13H2,1H3. The van der Waals surface area contributed by atoms with E-state index in [1.165, 1.54) is 4.31 Å². The molecule has 4 rings (SSSR count). The van der Waals surface area contributed by atoms with Crippen LogP contribution in [0, 0.1) is 6.92 Å². The highest BCUT2D eigenvalue weighted by atomic mass is 32.2. The second kappa shape index (κ2) is 8.64. The molecule has 0 aliphatic carbocycles. The lowest BCUT2D eigenvalue weighted by atomic mass is 10.1. The van der Waals surface area contributed by atoms with Crippen LogP contribution in [-0.4, -0.2) is 61.1 Å². The number of nitrogens with zero attached hydrogens (tertiary/aromatic N) is 3. The van der Waals surface area contributed by atoms with Crippen LogP contribution in [0.25, 0.3) is 10.9 Å². The van der Waals surface area contributed by atoms with Crippen LogP contribution >= 0.6 is 0 Å². The number of para-hydroxylation sites is 1. The van der Waals surface area contributed by atoms with Gasteiger partial charge in [-0.05, 0) is 43.3 Å². The van der Waals surface area contributed by atoms with Gasteiger partial charge >= 0.3 is 6.36 Å². The van der Waals surface area contributed by atoms with Crippen LogP contribution in [0.5, 0.6) is 5.75 Å². The molecule has 11 heteroatoms. The summed E-state index contributed by atoms with van der Waals surface area (Å²) in [5.41, 5.74) is 1.92. The Hall–Kier alpha value is -3.18. The Bertz CT molecular complexity index is 1290. The van der Waals surface area contributed by atoms with Crippen LogP contribution in [-0.2, 0) is 10.0 Å². The molecule has 1 aliphatic rings. The molecule has 1 saturated heterocycles. The van der Waals surface area contributed by atoms with Crippen molar-refractivity contribution >= 4 is 26.8 Å². The number of aromatic nitrogens is 1. The van der Waals surface area contributed by atoms with E-state index in [4.69, 9.17) is 0 Å². The zero-order chi connectivity index (χ0) is 23.8. The number of rotatable bonds is 4. The molecule has 0 spiro atoms. The highest BCUT2D eigenvalue weighted by Gasteiger charge is 2.33. The van der Waals surface area contributed by atoms with Gasteiger partial charge < -0.3 is 9.64 Å². The largest absolute Gasteiger partial charge is 0.573 e. The fourth-order valence-electron chi connectivity index (χ4n) is 3.75. The van der Waals surface area contributed by atoms with E-state index >= 15 is 0 Å². The van der Waals surface area contributed by atoms with Gasteiger partial charge in [-0.1, -0.05) is 18.2 Å². The number of amides is 1. The summed E-state index contributed by atoms with van der Waals surface area (Å²) in [5, 5.41) is 0.726. The Balaban J connectivity index is 1.47. The van der Waals surface area contributed by atoms with Gasteiger partial charge in [-0.2, -0.15) is 4.31 Å². The summed E-state index contributed by atoms with van der Waals surface area (Å²) in [4.78, 5) is 19.1. The molecular weight excluding hydrogens is 459 g/mol. The monoisotopic (exact) mass is 479 g/mol. The van der Waals surface area contributed by atoms with Crippen molar-refractivity contribution in [2.45, 2.75) is 18.2 Å². The molecule has 1 aromatic heterocycles. The fraction of sp³-hybridized carbons (Fsp3) is 0.273. The van der Waals surface area contributed by atoms with E-state index in [-0.39, 0.29) is 37.0 Å². The summed E-state index contributed by atoms with van der Waals surface area (Å²) in [7, 11) is -3.93. The molecule has 33 heavy (non-hydrogen) atoms. The number of carbonyl (C=O) groups excluding carboxylic acids is 1. The predicted octanol–water partition coefficient (Wildman–Crippen LogP) is 3.59. The number of piperazine rings is 1. The highest BCUT2D eigenvalue weighted by molar-refractivity contribution is 7.89. The molecule has 7 nitrogen and oxygen atoms in total. The average Bonchev–Trinajstić information content (AvgIpc) is 2.77. The van der Waals surface area contributed by atoms with Crippen molar-refractivity contribution in [3.63, 3.8) is 0 Å². The van der Waals surface area contributed by atoms with Crippen molar-refractivity contribution < 1.29 is 31.1 Å². The Morgan fingerprint density at radius 1 is 1.00 bits per heavy atom. The minimum Gasteiger partial charge on any atom is -0.406 e. The number of hydrogen-bond acceptors (Lipinski definition) is 5. The number of pyridine rings is 1. The first-order chi connectivity index (χ1) is 15.5. The van der Waals surface area contributed by atoms with Crippen LogP contribution in [0.4, 0.5) is 13.2 Å². The predicted molar refractivity (Wildman–Crippen MR) is 114 cm³/mol. The van der Waals surface area contributed by atoms with Gasteiger partial charge in [-0.3, -0.25) is 9.78 Å². The van der Waals surface area contributed by atoms with Gasteiger partial charge in [-0.15, -0.1) is 13.2 Å². The molecule has 0 radical (unpaired) electrons. The molecular formula is C22H20F3N3O4S. The van der Waals surface area contributed by atoms with Crippen molar-refractivity contribution in [3.8, 4) is 5.75 Å². The first-order valence-electron chi connectivity index (χ1n) is 10.1. The Morgan fingerprint density at radius 3 is 2.27 bits per heavy atom. The lowest BCUT2D eigenvalue weighted by molar-refractivity contribution is -0.274. The summed E-state index contributed by atoms with van der Waals surface area (Å²) >= 11 is 0. The topological polar surface area (TPSA) is 79.8 Å². The fourth-order valence-corrected chi connectivity index (χ4v) is 5.17. The quantitative estimate of drug-likeness (QED) is 0.572. The van der Waals surface area contributed by atoms with Crippen LogP contribution in [0.3, 0.4) is 0 Å². The minimum absolute atomic E-state index is 0.0663. The van der Waals surface area contributed by atoms with Gasteiger partial charge in [0.2, 0.25) is 10.0 Å². The molecule has 1 amide bonds. The number of ether oxygens (including phenoxy) is 1. The third-order valence-corrected chi connectivity index (χ3v) is 7.21. The van der Waals surface area contributed by atoms with E-state index in [0.717, 1.165) is 29.7 Å². The van der Waals surface area contributed by atoms with Gasteiger partial charge in [0, 0.05) is 37.3 Å². The first-order valence-corrected chi connectivity index (χ1v) is 11.5. The van der Waals surface area contributed by atoms with Gasteiger partial charge in [0.25, 0.3) is 5.91 Å². The molecule has 1 fully saturated rings. The maximum absolute atomic E-state index is 13.2. The van der Waals surface area contributed by atoms with Crippen molar-refractivity contribution in [2.75, 3.05) is 26.2 Å². The summed E-state index contributed by atoms with van der Waals surface area (Å²) in [5.74, 6) is -0.709. The van der Waals surface area contributed by atoms with Crippen molar-refractivity contribution in [1.29, 1.82) is 0 Å². The maximum atomic E-state index is 13.2. The summed E-state index contributed by atoms with van der Waals surface area (Å²) in [6.45, 7) is 2.30. The molecule has 0 bridgehead atoms. The molecule has 0 saturated carbocycles. The van der Waals surface area contributed by atoms with Crippen molar-refractivity contribution in [2.24, 2.45) is 0 Å². The Labute approximate surface area is 188 Å². The van der Waals surface area contributed by atoms with Gasteiger partial charge in [-0.25, -0.2) is 8.42 Å². The molecule has 0 atom stereocenters. The number of carbonyl (C=O) groups is 1. The average molecular weight is 479 g/mol. The summed E-state index contributed by atoms with van der Waals surface area (Å²) in [6.07, 6.45) is -4.86. The summed E-state index contributed by atoms with van der Waals surface area (Å²) in [6, 6.07) is 13.1. The van der Waals surface area contributed by atoms with Crippen LogP contribution in [0.2, 0.25) is 0 Å². The Morgan fingerprint density at radius 2 is 1.64 bits per heavy atom.